The van der Waals surface area contributed by atoms with Crippen LogP contribution in [0.3, 0.4) is 0 Å². The number of benzene rings is 2. The molecule has 3 aromatic rings. The predicted molar refractivity (Wildman–Crippen MR) is 129 cm³/mol. The molecule has 1 atom stereocenters. The van der Waals surface area contributed by atoms with Crippen LogP contribution in [0.5, 0.6) is 0 Å². The molecule has 1 aliphatic heterocycles. The maximum Gasteiger partial charge on any atom is 0.274 e. The number of carbonyl (C=O) groups excluding carboxylic acids is 2. The largest absolute Gasteiger partial charge is 0.382 e. The summed E-state index contributed by atoms with van der Waals surface area (Å²) in [6, 6.07) is 15.2. The fourth-order valence-electron chi connectivity index (χ4n) is 3.88. The Hall–Kier alpha value is -3.78. The molecule has 0 aliphatic carbocycles. The van der Waals surface area contributed by atoms with Gasteiger partial charge in [0.1, 0.15) is 0 Å². The van der Waals surface area contributed by atoms with Gasteiger partial charge < -0.3 is 21.7 Å². The number of piperidine rings is 1. The number of rotatable bonds is 6. The molecule has 0 saturated carbocycles. The zero-order valence-corrected chi connectivity index (χ0v) is 18.6. The number of aryl methyl sites for hydroxylation is 1. The van der Waals surface area contributed by atoms with Gasteiger partial charge in [0.15, 0.2) is 11.5 Å². The summed E-state index contributed by atoms with van der Waals surface area (Å²) >= 11 is 0. The summed E-state index contributed by atoms with van der Waals surface area (Å²) in [5, 5.41) is 9.18. The first-order chi connectivity index (χ1) is 16.0. The molecule has 0 unspecified atom stereocenters. The van der Waals surface area contributed by atoms with Crippen molar-refractivity contribution >= 4 is 23.3 Å². The predicted octanol–water partition coefficient (Wildman–Crippen LogP) is 2.70. The molecular weight excluding hydrogens is 416 g/mol. The van der Waals surface area contributed by atoms with Crippen LogP contribution in [0.1, 0.15) is 34.5 Å². The minimum Gasteiger partial charge on any atom is -0.382 e. The van der Waals surface area contributed by atoms with Crippen molar-refractivity contribution in [3.63, 3.8) is 0 Å². The van der Waals surface area contributed by atoms with Crippen LogP contribution in [0.15, 0.2) is 54.7 Å². The van der Waals surface area contributed by atoms with E-state index in [0.29, 0.717) is 17.8 Å². The van der Waals surface area contributed by atoms with Gasteiger partial charge in [-0.05, 0) is 49.6 Å². The number of amides is 2. The van der Waals surface area contributed by atoms with Crippen LogP contribution in [-0.2, 0) is 11.2 Å². The van der Waals surface area contributed by atoms with E-state index in [1.165, 1.54) is 6.20 Å². The molecule has 1 aromatic heterocycles. The standard InChI is InChI=1S/C25H28N6O2/c1-16-6-2-3-7-17(16)13-22(32)29-19-9-4-8-18(12-19)21-15-28-24(26)23(31-21)25(33)30-20-10-5-11-27-14-20/h2-4,6-9,12,15,20,27H,5,10-11,13-14H2,1H3,(H2,26,28)(H,29,32)(H,30,33)/t20-/m0/s1. The summed E-state index contributed by atoms with van der Waals surface area (Å²) in [5.74, 6) is -0.355. The highest BCUT2D eigenvalue weighted by atomic mass is 16.2. The Labute approximate surface area is 193 Å². The lowest BCUT2D eigenvalue weighted by Crippen LogP contribution is -2.46. The first-order valence-corrected chi connectivity index (χ1v) is 11.1. The highest BCUT2D eigenvalue weighted by Crippen LogP contribution is 2.22. The Morgan fingerprint density at radius 3 is 2.82 bits per heavy atom. The molecule has 0 spiro atoms. The Balaban J connectivity index is 1.48. The number of carbonyl (C=O) groups is 2. The molecule has 8 nitrogen and oxygen atoms in total. The van der Waals surface area contributed by atoms with Crippen molar-refractivity contribution in [2.75, 3.05) is 24.1 Å². The molecule has 1 fully saturated rings. The van der Waals surface area contributed by atoms with E-state index in [0.717, 1.165) is 42.6 Å². The van der Waals surface area contributed by atoms with Crippen molar-refractivity contribution in [1.29, 1.82) is 0 Å². The second-order valence-corrected chi connectivity index (χ2v) is 8.24. The summed E-state index contributed by atoms with van der Waals surface area (Å²) < 4.78 is 0. The van der Waals surface area contributed by atoms with E-state index < -0.39 is 0 Å². The lowest BCUT2D eigenvalue weighted by molar-refractivity contribution is -0.115. The van der Waals surface area contributed by atoms with Gasteiger partial charge in [-0.15, -0.1) is 0 Å². The number of hydrogen-bond donors (Lipinski definition) is 4. The van der Waals surface area contributed by atoms with Gasteiger partial charge in [-0.2, -0.15) is 0 Å². The summed E-state index contributed by atoms with van der Waals surface area (Å²) in [6.45, 7) is 3.67. The first-order valence-electron chi connectivity index (χ1n) is 11.1. The number of hydrogen-bond acceptors (Lipinski definition) is 6. The van der Waals surface area contributed by atoms with Crippen LogP contribution in [0.4, 0.5) is 11.5 Å². The van der Waals surface area contributed by atoms with Gasteiger partial charge in [0.2, 0.25) is 5.91 Å². The van der Waals surface area contributed by atoms with Gasteiger partial charge in [-0.1, -0.05) is 36.4 Å². The van der Waals surface area contributed by atoms with Crippen molar-refractivity contribution in [3.8, 4) is 11.3 Å². The van der Waals surface area contributed by atoms with Crippen LogP contribution in [0.25, 0.3) is 11.3 Å². The van der Waals surface area contributed by atoms with Gasteiger partial charge in [-0.25, -0.2) is 9.97 Å². The maximum atomic E-state index is 12.8. The number of aromatic nitrogens is 2. The average molecular weight is 445 g/mol. The molecule has 0 radical (unpaired) electrons. The van der Waals surface area contributed by atoms with Gasteiger partial charge >= 0.3 is 0 Å². The average Bonchev–Trinajstić information content (AvgIpc) is 2.81. The number of anilines is 2. The molecule has 0 bridgehead atoms. The normalized spacial score (nSPS) is 15.6. The molecule has 8 heteroatoms. The number of nitrogen functional groups attached to an aromatic ring is 1. The van der Waals surface area contributed by atoms with Crippen molar-refractivity contribution in [2.24, 2.45) is 0 Å². The lowest BCUT2D eigenvalue weighted by Gasteiger charge is -2.23. The lowest BCUT2D eigenvalue weighted by atomic mass is 10.1. The summed E-state index contributed by atoms with van der Waals surface area (Å²) in [4.78, 5) is 33.9. The minimum absolute atomic E-state index is 0.0443. The molecule has 170 valence electrons. The fourth-order valence-corrected chi connectivity index (χ4v) is 3.88. The molecule has 33 heavy (non-hydrogen) atoms. The monoisotopic (exact) mass is 444 g/mol. The first kappa shape index (κ1) is 22.4. The van der Waals surface area contributed by atoms with Crippen LogP contribution in [0.2, 0.25) is 0 Å². The summed E-state index contributed by atoms with van der Waals surface area (Å²) in [5.41, 5.74) is 9.99. The zero-order valence-electron chi connectivity index (χ0n) is 18.6. The van der Waals surface area contributed by atoms with Gasteiger partial charge in [0.25, 0.3) is 5.91 Å². The van der Waals surface area contributed by atoms with Crippen molar-refractivity contribution < 1.29 is 9.59 Å². The Bertz CT molecular complexity index is 1160. The number of nitrogens with one attached hydrogen (secondary N) is 3. The quantitative estimate of drug-likeness (QED) is 0.464. The van der Waals surface area contributed by atoms with Crippen LogP contribution in [0, 0.1) is 6.92 Å². The SMILES string of the molecule is Cc1ccccc1CC(=O)Nc1cccc(-c2cnc(N)c(C(=O)N[C@H]3CCCNC3)n2)c1. The Kier molecular flexibility index (Phi) is 6.95. The Morgan fingerprint density at radius 1 is 1.18 bits per heavy atom. The highest BCUT2D eigenvalue weighted by Gasteiger charge is 2.20. The molecule has 1 aliphatic rings. The van der Waals surface area contributed by atoms with E-state index in [9.17, 15) is 9.59 Å². The van der Waals surface area contributed by atoms with E-state index in [1.807, 2.05) is 55.5 Å². The van der Waals surface area contributed by atoms with Crippen molar-refractivity contribution in [1.82, 2.24) is 20.6 Å². The molecule has 2 heterocycles. The van der Waals surface area contributed by atoms with Crippen LogP contribution in [-0.4, -0.2) is 40.9 Å². The molecular formula is C25H28N6O2. The van der Waals surface area contributed by atoms with Gasteiger partial charge in [-0.3, -0.25) is 9.59 Å². The van der Waals surface area contributed by atoms with Crippen molar-refractivity contribution in [3.05, 3.63) is 71.5 Å². The number of nitrogens with zero attached hydrogens (tertiary/aromatic N) is 2. The van der Waals surface area contributed by atoms with Crippen molar-refractivity contribution in [2.45, 2.75) is 32.2 Å². The molecule has 1 saturated heterocycles. The van der Waals surface area contributed by atoms with Crippen LogP contribution < -0.4 is 21.7 Å². The smallest absolute Gasteiger partial charge is 0.274 e. The third-order valence-corrected chi connectivity index (χ3v) is 5.70. The van der Waals surface area contributed by atoms with E-state index in [4.69, 9.17) is 5.73 Å². The zero-order chi connectivity index (χ0) is 23.2. The molecule has 4 rings (SSSR count). The second-order valence-electron chi connectivity index (χ2n) is 8.24. The maximum absolute atomic E-state index is 12.8. The molecule has 2 amide bonds. The minimum atomic E-state index is -0.335. The summed E-state index contributed by atoms with van der Waals surface area (Å²) in [7, 11) is 0. The van der Waals surface area contributed by atoms with E-state index in [-0.39, 0.29) is 29.4 Å². The van der Waals surface area contributed by atoms with E-state index in [1.54, 1.807) is 0 Å². The Morgan fingerprint density at radius 2 is 2.03 bits per heavy atom. The number of nitrogens with two attached hydrogens (primary N) is 1. The third kappa shape index (κ3) is 5.72. The fraction of sp³-hybridized carbons (Fsp3) is 0.280. The van der Waals surface area contributed by atoms with Gasteiger partial charge in [0, 0.05) is 23.8 Å². The topological polar surface area (TPSA) is 122 Å². The van der Waals surface area contributed by atoms with E-state index >= 15 is 0 Å². The van der Waals surface area contributed by atoms with Crippen LogP contribution >= 0.6 is 0 Å². The highest BCUT2D eigenvalue weighted by molar-refractivity contribution is 5.97. The van der Waals surface area contributed by atoms with E-state index in [2.05, 4.69) is 25.9 Å². The summed E-state index contributed by atoms with van der Waals surface area (Å²) in [6.07, 6.45) is 3.74. The molecule has 2 aromatic carbocycles. The third-order valence-electron chi connectivity index (χ3n) is 5.70. The molecule has 5 N–H and O–H groups in total. The second kappa shape index (κ2) is 10.2. The van der Waals surface area contributed by atoms with Gasteiger partial charge in [0.05, 0.1) is 18.3 Å².